The van der Waals surface area contributed by atoms with Crippen molar-refractivity contribution in [2.24, 2.45) is 5.11 Å². The molecule has 0 saturated carbocycles. The minimum atomic E-state index is -3.71. The molecule has 4 aromatic rings. The van der Waals surface area contributed by atoms with E-state index in [1.165, 1.54) is 0 Å². The molecule has 0 aliphatic carbocycles. The minimum Gasteiger partial charge on any atom is -0.287 e. The van der Waals surface area contributed by atoms with Crippen LogP contribution in [-0.2, 0) is 23.7 Å². The van der Waals surface area contributed by atoms with Gasteiger partial charge in [0.2, 0.25) is 0 Å². The molecule has 39 heavy (non-hydrogen) atoms. The quantitative estimate of drug-likeness (QED) is 0.0548. The van der Waals surface area contributed by atoms with Crippen molar-refractivity contribution in [3.63, 3.8) is 0 Å². The third-order valence-electron chi connectivity index (χ3n) is 6.13. The first-order valence-corrected chi connectivity index (χ1v) is 14.2. The maximum atomic E-state index is 12.7. The molecule has 0 bridgehead atoms. The molecular formula is C28H31N6O4P. The van der Waals surface area contributed by atoms with Crippen LogP contribution in [0.2, 0.25) is 0 Å². The van der Waals surface area contributed by atoms with Crippen molar-refractivity contribution in [2.75, 3.05) is 19.8 Å². The SMILES string of the molecule is CCOP(=O)(OCC)OCCC(N=[N+]=[N-])c1ncn(C(c2ccccc2)(c2ccccc2)c2ccccc2)n1. The first kappa shape index (κ1) is 28.2. The summed E-state index contributed by atoms with van der Waals surface area (Å²) in [7, 11) is -3.71. The van der Waals surface area contributed by atoms with Crippen molar-refractivity contribution in [3.05, 3.63) is 130 Å². The van der Waals surface area contributed by atoms with Crippen molar-refractivity contribution in [1.29, 1.82) is 0 Å². The lowest BCUT2D eigenvalue weighted by atomic mass is 9.77. The number of azide groups is 1. The number of hydrogen-bond donors (Lipinski definition) is 0. The van der Waals surface area contributed by atoms with E-state index >= 15 is 0 Å². The van der Waals surface area contributed by atoms with E-state index in [0.717, 1.165) is 16.7 Å². The van der Waals surface area contributed by atoms with Gasteiger partial charge >= 0.3 is 7.82 Å². The number of benzene rings is 3. The molecule has 0 aliphatic heterocycles. The number of phosphoric acid groups is 1. The van der Waals surface area contributed by atoms with Crippen LogP contribution in [0.5, 0.6) is 0 Å². The highest BCUT2D eigenvalue weighted by Crippen LogP contribution is 2.49. The van der Waals surface area contributed by atoms with Crippen LogP contribution in [0.15, 0.2) is 102 Å². The van der Waals surface area contributed by atoms with Crippen molar-refractivity contribution in [2.45, 2.75) is 31.8 Å². The summed E-state index contributed by atoms with van der Waals surface area (Å²) in [5.41, 5.74) is 11.4. The molecule has 0 fully saturated rings. The van der Waals surface area contributed by atoms with Crippen molar-refractivity contribution in [3.8, 4) is 0 Å². The summed E-state index contributed by atoms with van der Waals surface area (Å²) in [6, 6.07) is 29.4. The van der Waals surface area contributed by atoms with Gasteiger partial charge in [-0.2, -0.15) is 5.10 Å². The molecule has 3 aromatic carbocycles. The number of aromatic nitrogens is 3. The van der Waals surface area contributed by atoms with Crippen LogP contribution in [0.25, 0.3) is 10.4 Å². The van der Waals surface area contributed by atoms with Gasteiger partial charge in [-0.3, -0.25) is 13.6 Å². The van der Waals surface area contributed by atoms with Crippen LogP contribution >= 0.6 is 7.82 Å². The van der Waals surface area contributed by atoms with E-state index in [4.69, 9.17) is 18.7 Å². The summed E-state index contributed by atoms with van der Waals surface area (Å²) in [6.07, 6.45) is 1.82. The third-order valence-corrected chi connectivity index (χ3v) is 7.78. The summed E-state index contributed by atoms with van der Waals surface area (Å²) in [4.78, 5) is 7.56. The molecule has 0 N–H and O–H groups in total. The van der Waals surface area contributed by atoms with Crippen LogP contribution in [0.1, 0.15) is 48.8 Å². The Kier molecular flexibility index (Phi) is 9.65. The predicted molar refractivity (Wildman–Crippen MR) is 148 cm³/mol. The number of phosphoric ester groups is 1. The Morgan fingerprint density at radius 1 is 0.872 bits per heavy atom. The molecule has 0 spiro atoms. The standard InChI is InChI=1S/C28H31N6O4P/c1-3-36-39(35,37-4-2)38-21-20-26(31-33-29)27-30-22-34(32-27)28(23-14-8-5-9-15-23,24-16-10-6-11-17-24)25-18-12-7-13-19-25/h5-19,22,26H,3-4,20-21H2,1-2H3. The zero-order chi connectivity index (χ0) is 27.6. The fourth-order valence-electron chi connectivity index (χ4n) is 4.53. The zero-order valence-corrected chi connectivity index (χ0v) is 22.8. The molecule has 1 unspecified atom stereocenters. The first-order chi connectivity index (χ1) is 19.1. The maximum Gasteiger partial charge on any atom is 0.474 e. The minimum absolute atomic E-state index is 0.0449. The highest BCUT2D eigenvalue weighted by atomic mass is 31.2. The zero-order valence-electron chi connectivity index (χ0n) is 21.9. The third kappa shape index (κ3) is 6.28. The van der Waals surface area contributed by atoms with Gasteiger partial charge in [0.15, 0.2) is 5.82 Å². The summed E-state index contributed by atoms with van der Waals surface area (Å²) >= 11 is 0. The lowest BCUT2D eigenvalue weighted by Gasteiger charge is -2.35. The van der Waals surface area contributed by atoms with Gasteiger partial charge < -0.3 is 0 Å². The van der Waals surface area contributed by atoms with Crippen LogP contribution in [0, 0.1) is 0 Å². The van der Waals surface area contributed by atoms with E-state index < -0.39 is 19.4 Å². The Morgan fingerprint density at radius 2 is 1.36 bits per heavy atom. The number of nitrogens with zero attached hydrogens (tertiary/aromatic N) is 6. The molecule has 1 atom stereocenters. The lowest BCUT2D eigenvalue weighted by Crippen LogP contribution is -2.38. The van der Waals surface area contributed by atoms with Crippen LogP contribution < -0.4 is 0 Å². The number of hydrogen-bond acceptors (Lipinski definition) is 7. The molecule has 202 valence electrons. The van der Waals surface area contributed by atoms with Gasteiger partial charge in [-0.25, -0.2) is 14.2 Å². The van der Waals surface area contributed by atoms with E-state index in [9.17, 15) is 10.1 Å². The molecule has 0 radical (unpaired) electrons. The van der Waals surface area contributed by atoms with E-state index in [2.05, 4.69) is 51.4 Å². The van der Waals surface area contributed by atoms with E-state index in [-0.39, 0.29) is 26.2 Å². The Balaban J connectivity index is 1.76. The highest BCUT2D eigenvalue weighted by Gasteiger charge is 2.40. The topological polar surface area (TPSA) is 124 Å². The van der Waals surface area contributed by atoms with E-state index in [1.807, 2.05) is 54.6 Å². The van der Waals surface area contributed by atoms with Crippen molar-refractivity contribution < 1.29 is 18.1 Å². The molecule has 4 rings (SSSR count). The Labute approximate surface area is 227 Å². The molecule has 1 heterocycles. The smallest absolute Gasteiger partial charge is 0.287 e. The highest BCUT2D eigenvalue weighted by molar-refractivity contribution is 7.48. The van der Waals surface area contributed by atoms with Crippen LogP contribution in [0.3, 0.4) is 0 Å². The molecule has 10 nitrogen and oxygen atoms in total. The normalized spacial score (nSPS) is 12.6. The first-order valence-electron chi connectivity index (χ1n) is 12.7. The average Bonchev–Trinajstić information content (AvgIpc) is 3.45. The predicted octanol–water partition coefficient (Wildman–Crippen LogP) is 7.06. The van der Waals surface area contributed by atoms with E-state index in [1.54, 1.807) is 24.9 Å². The second-order valence-electron chi connectivity index (χ2n) is 8.48. The Hall–Kier alpha value is -3.78. The lowest BCUT2D eigenvalue weighted by molar-refractivity contribution is 0.118. The second kappa shape index (κ2) is 13.3. The second-order valence-corrected chi connectivity index (χ2v) is 10.2. The Morgan fingerprint density at radius 3 is 1.79 bits per heavy atom. The van der Waals surface area contributed by atoms with Crippen LogP contribution in [-0.4, -0.2) is 34.6 Å². The molecule has 1 aromatic heterocycles. The fourth-order valence-corrected chi connectivity index (χ4v) is 5.72. The fraction of sp³-hybridized carbons (Fsp3) is 0.286. The summed E-state index contributed by atoms with van der Waals surface area (Å²) in [5.74, 6) is 0.311. The van der Waals surface area contributed by atoms with Gasteiger partial charge in [-0.15, -0.1) is 0 Å². The molecule has 0 aliphatic rings. The van der Waals surface area contributed by atoms with Gasteiger partial charge in [0, 0.05) is 4.91 Å². The molecule has 0 amide bonds. The summed E-state index contributed by atoms with van der Waals surface area (Å²) in [5, 5.41) is 8.78. The monoisotopic (exact) mass is 546 g/mol. The maximum absolute atomic E-state index is 12.7. The Bertz CT molecular complexity index is 1310. The number of rotatable bonds is 14. The molecule has 11 heteroatoms. The summed E-state index contributed by atoms with van der Waals surface area (Å²) in [6.45, 7) is 3.70. The molecular weight excluding hydrogens is 515 g/mol. The van der Waals surface area contributed by atoms with Crippen molar-refractivity contribution >= 4 is 7.82 Å². The van der Waals surface area contributed by atoms with Gasteiger partial charge in [0.25, 0.3) is 0 Å². The van der Waals surface area contributed by atoms with Gasteiger partial charge in [-0.05, 0) is 42.5 Å². The average molecular weight is 547 g/mol. The van der Waals surface area contributed by atoms with Gasteiger partial charge in [-0.1, -0.05) is 96.1 Å². The van der Waals surface area contributed by atoms with Gasteiger partial charge in [0.1, 0.15) is 17.9 Å². The molecule has 0 saturated heterocycles. The van der Waals surface area contributed by atoms with Crippen molar-refractivity contribution in [1.82, 2.24) is 14.8 Å². The van der Waals surface area contributed by atoms with Crippen LogP contribution in [0.4, 0.5) is 0 Å². The summed E-state index contributed by atoms with van der Waals surface area (Å²) < 4.78 is 30.3. The van der Waals surface area contributed by atoms with E-state index in [0.29, 0.717) is 5.82 Å². The largest absolute Gasteiger partial charge is 0.474 e. The van der Waals surface area contributed by atoms with Gasteiger partial charge in [0.05, 0.1) is 19.8 Å².